The number of ether oxygens (including phenoxy) is 1. The van der Waals surface area contributed by atoms with Crippen LogP contribution < -0.4 is 5.32 Å². The van der Waals surface area contributed by atoms with Crippen LogP contribution in [0.1, 0.15) is 6.92 Å². The lowest BCUT2D eigenvalue weighted by Crippen LogP contribution is -2.20. The second kappa shape index (κ2) is 5.55. The average molecular weight is 169 g/mol. The van der Waals surface area contributed by atoms with Crippen LogP contribution in [0.3, 0.4) is 0 Å². The van der Waals surface area contributed by atoms with E-state index in [-0.39, 0.29) is 5.91 Å². The Kier molecular flexibility index (Phi) is 5.04. The molecule has 0 saturated heterocycles. The number of likely N-dealkylation sites (N-methyl/N-ethyl adjacent to an activating group) is 1. The van der Waals surface area contributed by atoms with Crippen molar-refractivity contribution in [2.24, 2.45) is 0 Å². The molecule has 1 N–H and O–H groups in total. The second-order valence-electron chi connectivity index (χ2n) is 2.43. The second-order valence-corrected chi connectivity index (χ2v) is 2.43. The summed E-state index contributed by atoms with van der Waals surface area (Å²) in [5, 5.41) is 2.53. The normalized spacial score (nSPS) is 11.1. The van der Waals surface area contributed by atoms with Gasteiger partial charge in [0.05, 0.1) is 6.61 Å². The highest BCUT2D eigenvalue weighted by Crippen LogP contribution is 2.05. The van der Waals surface area contributed by atoms with Gasteiger partial charge in [-0.05, 0) is 18.6 Å². The average Bonchev–Trinajstić information content (AvgIpc) is 2.04. The molecule has 0 spiro atoms. The predicted molar refractivity (Wildman–Crippen MR) is 48.8 cm³/mol. The Bertz CT molecular complexity index is 207. The lowest BCUT2D eigenvalue weighted by atomic mass is 10.1. The third kappa shape index (κ3) is 3.34. The van der Waals surface area contributed by atoms with E-state index < -0.39 is 0 Å². The van der Waals surface area contributed by atoms with Crippen molar-refractivity contribution in [3.05, 3.63) is 23.8 Å². The third-order valence-corrected chi connectivity index (χ3v) is 1.39. The molecule has 0 aliphatic heterocycles. The summed E-state index contributed by atoms with van der Waals surface area (Å²) in [5.41, 5.74) is 1.32. The quantitative estimate of drug-likeness (QED) is 0.501. The number of carbonyl (C=O) groups excluding carboxylic acids is 1. The fourth-order valence-corrected chi connectivity index (χ4v) is 0.762. The zero-order chi connectivity index (χ0) is 9.56. The first-order valence-electron chi connectivity index (χ1n) is 3.70. The molecule has 0 aromatic rings. The van der Waals surface area contributed by atoms with Crippen LogP contribution in [0, 0.1) is 0 Å². The van der Waals surface area contributed by atoms with E-state index >= 15 is 0 Å². The summed E-state index contributed by atoms with van der Waals surface area (Å²) in [6.07, 6.45) is 1.71. The summed E-state index contributed by atoms with van der Waals surface area (Å²) >= 11 is 0. The molecule has 3 heteroatoms. The minimum atomic E-state index is -0.125. The molecule has 0 aliphatic rings. The van der Waals surface area contributed by atoms with E-state index in [0.29, 0.717) is 12.2 Å². The number of rotatable bonds is 4. The van der Waals surface area contributed by atoms with Crippen molar-refractivity contribution in [2.75, 3.05) is 20.8 Å². The van der Waals surface area contributed by atoms with Crippen molar-refractivity contribution < 1.29 is 9.53 Å². The van der Waals surface area contributed by atoms with Gasteiger partial charge in [0.25, 0.3) is 5.91 Å². The van der Waals surface area contributed by atoms with Crippen LogP contribution in [0.15, 0.2) is 23.8 Å². The lowest BCUT2D eigenvalue weighted by molar-refractivity contribution is -0.116. The summed E-state index contributed by atoms with van der Waals surface area (Å²) < 4.78 is 4.82. The molecule has 0 rings (SSSR count). The first-order chi connectivity index (χ1) is 5.63. The minimum absolute atomic E-state index is 0.125. The van der Waals surface area contributed by atoms with Gasteiger partial charge >= 0.3 is 0 Å². The summed E-state index contributed by atoms with van der Waals surface area (Å²) in [6.45, 7) is 5.91. The van der Waals surface area contributed by atoms with Crippen LogP contribution in [0.5, 0.6) is 0 Å². The highest BCUT2D eigenvalue weighted by Gasteiger charge is 2.06. The van der Waals surface area contributed by atoms with Gasteiger partial charge in [0, 0.05) is 19.7 Å². The number of hydrogen-bond acceptors (Lipinski definition) is 2. The summed E-state index contributed by atoms with van der Waals surface area (Å²) in [7, 11) is 3.17. The molecule has 1 amide bonds. The molecular weight excluding hydrogens is 154 g/mol. The largest absolute Gasteiger partial charge is 0.381 e. The highest BCUT2D eigenvalue weighted by atomic mass is 16.5. The van der Waals surface area contributed by atoms with Gasteiger partial charge in [-0.1, -0.05) is 6.58 Å². The van der Waals surface area contributed by atoms with Gasteiger partial charge in [-0.15, -0.1) is 0 Å². The third-order valence-electron chi connectivity index (χ3n) is 1.39. The summed E-state index contributed by atoms with van der Waals surface area (Å²) in [4.78, 5) is 11.2. The molecule has 3 nitrogen and oxygen atoms in total. The Labute approximate surface area is 73.1 Å². The van der Waals surface area contributed by atoms with Crippen molar-refractivity contribution in [3.8, 4) is 0 Å². The van der Waals surface area contributed by atoms with Crippen molar-refractivity contribution in [2.45, 2.75) is 6.92 Å². The molecule has 12 heavy (non-hydrogen) atoms. The molecular formula is C9H15NO2. The van der Waals surface area contributed by atoms with Gasteiger partial charge in [0.15, 0.2) is 0 Å². The number of methoxy groups -OCH3 is 1. The molecule has 0 aromatic carbocycles. The topological polar surface area (TPSA) is 38.3 Å². The van der Waals surface area contributed by atoms with Crippen molar-refractivity contribution in [3.63, 3.8) is 0 Å². The zero-order valence-electron chi connectivity index (χ0n) is 7.81. The van der Waals surface area contributed by atoms with E-state index in [4.69, 9.17) is 4.74 Å². The maximum Gasteiger partial charge on any atom is 0.251 e. The molecule has 0 saturated carbocycles. The Hall–Kier alpha value is -1.09. The number of nitrogens with one attached hydrogen (secondary N) is 1. The molecule has 0 radical (unpaired) electrons. The van der Waals surface area contributed by atoms with Crippen molar-refractivity contribution in [1.82, 2.24) is 5.32 Å². The molecule has 0 fully saturated rings. The van der Waals surface area contributed by atoms with E-state index in [1.807, 2.05) is 0 Å². The maximum atomic E-state index is 11.2. The molecule has 0 unspecified atom stereocenters. The first-order valence-corrected chi connectivity index (χ1v) is 3.70. The van der Waals surface area contributed by atoms with Crippen molar-refractivity contribution in [1.29, 1.82) is 0 Å². The van der Waals surface area contributed by atoms with Crippen LogP contribution in [0.4, 0.5) is 0 Å². The van der Waals surface area contributed by atoms with E-state index in [1.54, 1.807) is 27.2 Å². The van der Waals surface area contributed by atoms with Crippen LogP contribution in [-0.2, 0) is 9.53 Å². The van der Waals surface area contributed by atoms with Crippen LogP contribution in [0.2, 0.25) is 0 Å². The molecule has 68 valence electrons. The van der Waals surface area contributed by atoms with Gasteiger partial charge in [-0.25, -0.2) is 0 Å². The minimum Gasteiger partial charge on any atom is -0.381 e. The Morgan fingerprint density at radius 3 is 2.58 bits per heavy atom. The van der Waals surface area contributed by atoms with Gasteiger partial charge in [0.1, 0.15) is 0 Å². The van der Waals surface area contributed by atoms with E-state index in [1.165, 1.54) is 0 Å². The molecule has 0 aliphatic carbocycles. The Morgan fingerprint density at radius 1 is 1.67 bits per heavy atom. The lowest BCUT2D eigenvalue weighted by Gasteiger charge is -2.04. The zero-order valence-corrected chi connectivity index (χ0v) is 7.81. The SMILES string of the molecule is C=C(C)/C(=C\COC)C(=O)NC. The van der Waals surface area contributed by atoms with Gasteiger partial charge < -0.3 is 10.1 Å². The maximum absolute atomic E-state index is 11.2. The molecule has 0 bridgehead atoms. The van der Waals surface area contributed by atoms with E-state index in [9.17, 15) is 4.79 Å². The molecule has 0 atom stereocenters. The van der Waals surface area contributed by atoms with Crippen LogP contribution in [-0.4, -0.2) is 26.7 Å². The van der Waals surface area contributed by atoms with Crippen molar-refractivity contribution >= 4 is 5.91 Å². The number of amides is 1. The summed E-state index contributed by atoms with van der Waals surface area (Å²) in [5.74, 6) is -0.125. The Balaban J connectivity index is 4.43. The summed E-state index contributed by atoms with van der Waals surface area (Å²) in [6, 6.07) is 0. The molecule has 0 aromatic heterocycles. The standard InChI is InChI=1S/C9H15NO2/c1-7(2)8(5-6-12-4)9(11)10-3/h5H,1,6H2,2-4H3,(H,10,11)/b8-5+. The monoisotopic (exact) mass is 169 g/mol. The predicted octanol–water partition coefficient (Wildman–Crippen LogP) is 0.881. The number of hydrogen-bond donors (Lipinski definition) is 1. The van der Waals surface area contributed by atoms with Gasteiger partial charge in [0.2, 0.25) is 0 Å². The smallest absolute Gasteiger partial charge is 0.251 e. The highest BCUT2D eigenvalue weighted by molar-refractivity contribution is 5.97. The van der Waals surface area contributed by atoms with Crippen LogP contribution in [0.25, 0.3) is 0 Å². The Morgan fingerprint density at radius 2 is 2.25 bits per heavy atom. The van der Waals surface area contributed by atoms with E-state index in [2.05, 4.69) is 11.9 Å². The van der Waals surface area contributed by atoms with Gasteiger partial charge in [-0.3, -0.25) is 4.79 Å². The first kappa shape index (κ1) is 10.9. The molecule has 0 heterocycles. The fraction of sp³-hybridized carbons (Fsp3) is 0.444. The van der Waals surface area contributed by atoms with Gasteiger partial charge in [-0.2, -0.15) is 0 Å². The van der Waals surface area contributed by atoms with E-state index in [0.717, 1.165) is 5.57 Å². The number of carbonyl (C=O) groups is 1. The van der Waals surface area contributed by atoms with Crippen LogP contribution >= 0.6 is 0 Å². The fourth-order valence-electron chi connectivity index (χ4n) is 0.762.